The number of hydrogen-bond donors (Lipinski definition) is 2. The van der Waals surface area contributed by atoms with Crippen molar-refractivity contribution >= 4 is 17.6 Å². The average molecular weight is 395 g/mol. The van der Waals surface area contributed by atoms with Crippen molar-refractivity contribution < 1.29 is 4.79 Å². The van der Waals surface area contributed by atoms with Gasteiger partial charge in [-0.2, -0.15) is 5.10 Å². The highest BCUT2D eigenvalue weighted by Crippen LogP contribution is 2.27. The molecule has 1 aliphatic heterocycles. The van der Waals surface area contributed by atoms with E-state index in [2.05, 4.69) is 41.7 Å². The van der Waals surface area contributed by atoms with Gasteiger partial charge in [-0.05, 0) is 50.3 Å². The number of carbonyl (C=O) groups is 1. The maximum atomic E-state index is 12.7. The van der Waals surface area contributed by atoms with E-state index < -0.39 is 0 Å². The lowest BCUT2D eigenvalue weighted by molar-refractivity contribution is -0.117. The lowest BCUT2D eigenvalue weighted by atomic mass is 9.94. The van der Waals surface area contributed by atoms with E-state index in [0.717, 1.165) is 37.9 Å². The Bertz CT molecular complexity index is 916. The standard InChI is InChI=1S/C22H30N6O/c1-15(2)28-14-17-8-9-18(12-19(17)26-28)25-22(23-3)24-13-21(29)27-11-10-16-6-4-5-7-20(16)27/h4-7,14-15,18H,8-13H2,1-3H3,(H2,23,24,25). The number of fused-ring (bicyclic) bond motifs is 2. The van der Waals surface area contributed by atoms with E-state index in [1.807, 2.05) is 27.8 Å². The van der Waals surface area contributed by atoms with Crippen LogP contribution < -0.4 is 15.5 Å². The van der Waals surface area contributed by atoms with Gasteiger partial charge in [0.15, 0.2) is 5.96 Å². The van der Waals surface area contributed by atoms with Crippen molar-refractivity contribution in [2.45, 2.75) is 51.6 Å². The molecule has 7 heteroatoms. The minimum Gasteiger partial charge on any atom is -0.353 e. The summed E-state index contributed by atoms with van der Waals surface area (Å²) >= 11 is 0. The number of nitrogens with one attached hydrogen (secondary N) is 2. The lowest BCUT2D eigenvalue weighted by Gasteiger charge is -2.25. The van der Waals surface area contributed by atoms with Crippen LogP contribution in [-0.4, -0.2) is 47.8 Å². The first-order valence-electron chi connectivity index (χ1n) is 10.5. The van der Waals surface area contributed by atoms with Crippen LogP contribution in [-0.2, 0) is 24.1 Å². The Kier molecular flexibility index (Phi) is 5.56. The molecule has 0 saturated carbocycles. The Morgan fingerprint density at radius 3 is 2.90 bits per heavy atom. The third-order valence-corrected chi connectivity index (χ3v) is 5.79. The molecule has 4 rings (SSSR count). The van der Waals surface area contributed by atoms with Crippen molar-refractivity contribution in [2.24, 2.45) is 4.99 Å². The van der Waals surface area contributed by atoms with Crippen molar-refractivity contribution in [3.8, 4) is 0 Å². The zero-order valence-corrected chi connectivity index (χ0v) is 17.5. The highest BCUT2D eigenvalue weighted by Gasteiger charge is 2.25. The predicted molar refractivity (Wildman–Crippen MR) is 115 cm³/mol. The second kappa shape index (κ2) is 8.27. The highest BCUT2D eigenvalue weighted by atomic mass is 16.2. The number of amides is 1. The molecule has 2 aromatic rings. The SMILES string of the molecule is CN=C(NCC(=O)N1CCc2ccccc21)NC1CCc2cn(C(C)C)nc2C1. The number of aliphatic imine (C=N–C) groups is 1. The number of carbonyl (C=O) groups excluding carboxylic acids is 1. The van der Waals surface area contributed by atoms with Crippen LogP contribution in [0.5, 0.6) is 0 Å². The summed E-state index contributed by atoms with van der Waals surface area (Å²) in [5.74, 6) is 0.738. The quantitative estimate of drug-likeness (QED) is 0.615. The summed E-state index contributed by atoms with van der Waals surface area (Å²) in [6.45, 7) is 5.27. The molecule has 1 unspecified atom stereocenters. The normalized spacial score (nSPS) is 18.6. The first kappa shape index (κ1) is 19.5. The summed E-state index contributed by atoms with van der Waals surface area (Å²) in [5, 5.41) is 11.4. The number of aryl methyl sites for hydroxylation is 1. The van der Waals surface area contributed by atoms with Gasteiger partial charge >= 0.3 is 0 Å². The first-order valence-corrected chi connectivity index (χ1v) is 10.5. The summed E-state index contributed by atoms with van der Waals surface area (Å²) in [4.78, 5) is 18.9. The fourth-order valence-electron chi connectivity index (χ4n) is 4.14. The molecule has 2 N–H and O–H groups in total. The maximum Gasteiger partial charge on any atom is 0.246 e. The van der Waals surface area contributed by atoms with Crippen molar-refractivity contribution in [3.63, 3.8) is 0 Å². The molecule has 1 aromatic heterocycles. The highest BCUT2D eigenvalue weighted by molar-refractivity contribution is 5.98. The molecule has 2 heterocycles. The van der Waals surface area contributed by atoms with Crippen LogP contribution >= 0.6 is 0 Å². The number of benzene rings is 1. The molecule has 1 atom stereocenters. The molecule has 0 spiro atoms. The van der Waals surface area contributed by atoms with E-state index in [-0.39, 0.29) is 18.5 Å². The van der Waals surface area contributed by atoms with E-state index >= 15 is 0 Å². The predicted octanol–water partition coefficient (Wildman–Crippen LogP) is 2.08. The Balaban J connectivity index is 1.32. The van der Waals surface area contributed by atoms with Gasteiger partial charge in [-0.15, -0.1) is 0 Å². The summed E-state index contributed by atoms with van der Waals surface area (Å²) < 4.78 is 2.05. The largest absolute Gasteiger partial charge is 0.353 e. The molecule has 0 saturated heterocycles. The Hall–Kier alpha value is -2.83. The van der Waals surface area contributed by atoms with Crippen molar-refractivity contribution in [3.05, 3.63) is 47.3 Å². The minimum absolute atomic E-state index is 0.0690. The van der Waals surface area contributed by atoms with E-state index in [0.29, 0.717) is 12.0 Å². The molecule has 1 aromatic carbocycles. The van der Waals surface area contributed by atoms with Gasteiger partial charge in [0.1, 0.15) is 0 Å². The fourth-order valence-corrected chi connectivity index (χ4v) is 4.14. The molecule has 2 aliphatic rings. The fraction of sp³-hybridized carbons (Fsp3) is 0.500. The monoisotopic (exact) mass is 394 g/mol. The second-order valence-electron chi connectivity index (χ2n) is 8.11. The molecule has 7 nitrogen and oxygen atoms in total. The Labute approximate surface area is 172 Å². The average Bonchev–Trinajstić information content (AvgIpc) is 3.34. The maximum absolute atomic E-state index is 12.7. The number of nitrogens with zero attached hydrogens (tertiary/aromatic N) is 4. The number of para-hydroxylation sites is 1. The van der Waals surface area contributed by atoms with Gasteiger partial charge in [0.25, 0.3) is 0 Å². The Morgan fingerprint density at radius 2 is 2.10 bits per heavy atom. The van der Waals surface area contributed by atoms with Crippen molar-refractivity contribution in [1.29, 1.82) is 0 Å². The van der Waals surface area contributed by atoms with Crippen LogP contribution in [0.2, 0.25) is 0 Å². The van der Waals surface area contributed by atoms with Crippen LogP contribution in [0.4, 0.5) is 5.69 Å². The zero-order valence-electron chi connectivity index (χ0n) is 17.5. The topological polar surface area (TPSA) is 74.6 Å². The lowest BCUT2D eigenvalue weighted by Crippen LogP contribution is -2.48. The van der Waals surface area contributed by atoms with Crippen molar-refractivity contribution in [1.82, 2.24) is 20.4 Å². The van der Waals surface area contributed by atoms with Crippen LogP contribution in [0.3, 0.4) is 0 Å². The molecule has 1 amide bonds. The van der Waals surface area contributed by atoms with E-state index in [1.165, 1.54) is 16.8 Å². The van der Waals surface area contributed by atoms with Gasteiger partial charge < -0.3 is 15.5 Å². The summed E-state index contributed by atoms with van der Waals surface area (Å²) in [6.07, 6.45) is 6.02. The third kappa shape index (κ3) is 4.13. The van der Waals surface area contributed by atoms with Crippen LogP contribution in [0.1, 0.15) is 43.1 Å². The molecule has 154 valence electrons. The van der Waals surface area contributed by atoms with Crippen LogP contribution in [0, 0.1) is 0 Å². The number of aromatic nitrogens is 2. The third-order valence-electron chi connectivity index (χ3n) is 5.79. The van der Waals surface area contributed by atoms with Gasteiger partial charge in [0.2, 0.25) is 5.91 Å². The van der Waals surface area contributed by atoms with Gasteiger partial charge in [-0.25, -0.2) is 0 Å². The number of rotatable bonds is 4. The summed E-state index contributed by atoms with van der Waals surface area (Å²) in [5.41, 5.74) is 4.79. The minimum atomic E-state index is 0.0690. The van der Waals surface area contributed by atoms with E-state index in [4.69, 9.17) is 5.10 Å². The van der Waals surface area contributed by atoms with E-state index in [1.54, 1.807) is 7.05 Å². The van der Waals surface area contributed by atoms with Crippen LogP contribution in [0.25, 0.3) is 0 Å². The van der Waals surface area contributed by atoms with Gasteiger partial charge in [-0.1, -0.05) is 18.2 Å². The first-order chi connectivity index (χ1) is 14.0. The molecule has 0 radical (unpaired) electrons. The van der Waals surface area contributed by atoms with Crippen LogP contribution in [0.15, 0.2) is 35.5 Å². The van der Waals surface area contributed by atoms with Gasteiger partial charge in [0.05, 0.1) is 12.2 Å². The molecule has 0 bridgehead atoms. The van der Waals surface area contributed by atoms with E-state index in [9.17, 15) is 4.79 Å². The molecule has 0 fully saturated rings. The zero-order chi connectivity index (χ0) is 20.4. The number of hydrogen-bond acceptors (Lipinski definition) is 3. The summed E-state index contributed by atoms with van der Waals surface area (Å²) in [6, 6.07) is 8.76. The summed E-state index contributed by atoms with van der Waals surface area (Å²) in [7, 11) is 1.74. The molecule has 29 heavy (non-hydrogen) atoms. The number of anilines is 1. The van der Waals surface area contributed by atoms with Gasteiger partial charge in [0, 0.05) is 44.0 Å². The number of guanidine groups is 1. The van der Waals surface area contributed by atoms with Gasteiger partial charge in [-0.3, -0.25) is 14.5 Å². The molecular formula is C22H30N6O. The smallest absolute Gasteiger partial charge is 0.246 e. The molecular weight excluding hydrogens is 364 g/mol. The van der Waals surface area contributed by atoms with Crippen molar-refractivity contribution in [2.75, 3.05) is 25.0 Å². The second-order valence-corrected chi connectivity index (χ2v) is 8.11. The Morgan fingerprint density at radius 1 is 1.28 bits per heavy atom. The molecule has 1 aliphatic carbocycles.